The summed E-state index contributed by atoms with van der Waals surface area (Å²) in [6.45, 7) is 4.53. The Labute approximate surface area is 108 Å². The Hall–Kier alpha value is -1.16. The summed E-state index contributed by atoms with van der Waals surface area (Å²) in [7, 11) is 0. The number of carbonyl (C=O) groups excluding carboxylic acids is 1. The highest BCUT2D eigenvalue weighted by atomic mass is 32.1. The van der Waals surface area contributed by atoms with Crippen LogP contribution in [0.15, 0.2) is 24.3 Å². The van der Waals surface area contributed by atoms with Gasteiger partial charge in [0.25, 0.3) is 0 Å². The Kier molecular flexibility index (Phi) is 5.35. The molecule has 0 aliphatic carbocycles. The van der Waals surface area contributed by atoms with Crippen molar-refractivity contribution >= 4 is 18.5 Å². The van der Waals surface area contributed by atoms with E-state index >= 15 is 0 Å². The molecule has 3 nitrogen and oxygen atoms in total. The summed E-state index contributed by atoms with van der Waals surface area (Å²) < 4.78 is 0. The van der Waals surface area contributed by atoms with Crippen molar-refractivity contribution in [3.63, 3.8) is 0 Å². The number of aromatic hydroxyl groups is 1. The summed E-state index contributed by atoms with van der Waals surface area (Å²) >= 11 is 4.25. The maximum absolute atomic E-state index is 11.6. The Bertz CT molecular complexity index is 362. The first-order valence-corrected chi connectivity index (χ1v) is 6.26. The van der Waals surface area contributed by atoms with Crippen molar-refractivity contribution in [1.82, 2.24) is 5.32 Å². The molecule has 2 N–H and O–H groups in total. The largest absolute Gasteiger partial charge is 0.508 e. The molecular formula is C13H19NO2S. The van der Waals surface area contributed by atoms with E-state index in [1.165, 1.54) is 0 Å². The van der Waals surface area contributed by atoms with E-state index in [0.29, 0.717) is 6.54 Å². The molecule has 17 heavy (non-hydrogen) atoms. The number of benzene rings is 1. The van der Waals surface area contributed by atoms with E-state index < -0.39 is 0 Å². The average Bonchev–Trinajstić information content (AvgIpc) is 2.30. The number of hydrogen-bond donors (Lipinski definition) is 3. The van der Waals surface area contributed by atoms with Crippen LogP contribution in [0.5, 0.6) is 5.75 Å². The zero-order chi connectivity index (χ0) is 12.8. The third kappa shape index (κ3) is 4.69. The van der Waals surface area contributed by atoms with Crippen molar-refractivity contribution in [2.45, 2.75) is 25.5 Å². The molecule has 1 rings (SSSR count). The molecule has 1 aromatic rings. The lowest BCUT2D eigenvalue weighted by molar-refractivity contribution is -0.121. The van der Waals surface area contributed by atoms with E-state index in [2.05, 4.69) is 17.9 Å². The van der Waals surface area contributed by atoms with Crippen LogP contribution in [0.1, 0.15) is 19.4 Å². The molecule has 1 aromatic carbocycles. The number of carbonyl (C=O) groups is 1. The number of hydrogen-bond acceptors (Lipinski definition) is 3. The number of phenolic OH excluding ortho intramolecular Hbond substituents is 1. The lowest BCUT2D eigenvalue weighted by Gasteiger charge is -2.14. The van der Waals surface area contributed by atoms with Crippen molar-refractivity contribution in [1.29, 1.82) is 0 Å². The minimum Gasteiger partial charge on any atom is -0.508 e. The predicted molar refractivity (Wildman–Crippen MR) is 72.4 cm³/mol. The molecule has 0 saturated carbocycles. The van der Waals surface area contributed by atoms with E-state index in [1.807, 2.05) is 26.0 Å². The van der Waals surface area contributed by atoms with E-state index in [-0.39, 0.29) is 22.8 Å². The molecule has 0 saturated heterocycles. The second-order valence-electron chi connectivity index (χ2n) is 4.40. The molecule has 94 valence electrons. The van der Waals surface area contributed by atoms with Gasteiger partial charge in [0.1, 0.15) is 5.75 Å². The van der Waals surface area contributed by atoms with Crippen molar-refractivity contribution < 1.29 is 9.90 Å². The lowest BCUT2D eigenvalue weighted by Crippen LogP contribution is -2.35. The molecule has 0 heterocycles. The van der Waals surface area contributed by atoms with Gasteiger partial charge in [-0.05, 0) is 30.0 Å². The van der Waals surface area contributed by atoms with Crippen molar-refractivity contribution in [3.05, 3.63) is 29.8 Å². The van der Waals surface area contributed by atoms with Crippen LogP contribution >= 0.6 is 12.6 Å². The van der Waals surface area contributed by atoms with Crippen LogP contribution in [0.4, 0.5) is 0 Å². The van der Waals surface area contributed by atoms with Crippen LogP contribution in [0.25, 0.3) is 0 Å². The first-order chi connectivity index (χ1) is 8.00. The van der Waals surface area contributed by atoms with Gasteiger partial charge in [0.05, 0.1) is 5.25 Å². The highest BCUT2D eigenvalue weighted by Crippen LogP contribution is 2.10. The van der Waals surface area contributed by atoms with Gasteiger partial charge in [-0.25, -0.2) is 0 Å². The molecule has 0 spiro atoms. The molecule has 0 radical (unpaired) electrons. The SMILES string of the molecule is CC(C)C(S)C(=O)NCCc1ccc(O)cc1. The van der Waals surface area contributed by atoms with Crippen molar-refractivity contribution in [3.8, 4) is 5.75 Å². The summed E-state index contributed by atoms with van der Waals surface area (Å²) in [4.78, 5) is 11.6. The summed E-state index contributed by atoms with van der Waals surface area (Å²) in [5.74, 6) is 0.460. The molecule has 0 fully saturated rings. The highest BCUT2D eigenvalue weighted by molar-refractivity contribution is 7.81. The fraction of sp³-hybridized carbons (Fsp3) is 0.462. The van der Waals surface area contributed by atoms with Gasteiger partial charge in [0, 0.05) is 6.54 Å². The van der Waals surface area contributed by atoms with Crippen molar-refractivity contribution in [2.75, 3.05) is 6.54 Å². The zero-order valence-electron chi connectivity index (χ0n) is 10.2. The monoisotopic (exact) mass is 253 g/mol. The van der Waals surface area contributed by atoms with Crippen LogP contribution in [0, 0.1) is 5.92 Å². The molecular weight excluding hydrogens is 234 g/mol. The Morgan fingerprint density at radius 1 is 1.35 bits per heavy atom. The topological polar surface area (TPSA) is 49.3 Å². The minimum atomic E-state index is -0.255. The summed E-state index contributed by atoms with van der Waals surface area (Å²) in [6, 6.07) is 6.99. The normalized spacial score (nSPS) is 12.5. The second-order valence-corrected chi connectivity index (χ2v) is 4.95. The number of rotatable bonds is 5. The van der Waals surface area contributed by atoms with Gasteiger partial charge in [0.15, 0.2) is 0 Å². The molecule has 1 unspecified atom stereocenters. The third-order valence-electron chi connectivity index (χ3n) is 2.55. The van der Waals surface area contributed by atoms with E-state index in [4.69, 9.17) is 5.11 Å². The number of nitrogens with one attached hydrogen (secondary N) is 1. The Balaban J connectivity index is 2.33. The third-order valence-corrected chi connectivity index (χ3v) is 3.38. The van der Waals surface area contributed by atoms with Crippen molar-refractivity contribution in [2.24, 2.45) is 5.92 Å². The maximum atomic E-state index is 11.6. The highest BCUT2D eigenvalue weighted by Gasteiger charge is 2.16. The molecule has 0 aliphatic heterocycles. The summed E-state index contributed by atoms with van der Waals surface area (Å²) in [5, 5.41) is 11.7. The van der Waals surface area contributed by atoms with Gasteiger partial charge in [-0.3, -0.25) is 4.79 Å². The van der Waals surface area contributed by atoms with Gasteiger partial charge in [-0.15, -0.1) is 0 Å². The van der Waals surface area contributed by atoms with E-state index in [0.717, 1.165) is 12.0 Å². The first-order valence-electron chi connectivity index (χ1n) is 5.74. The first kappa shape index (κ1) is 13.9. The average molecular weight is 253 g/mol. The number of amides is 1. The summed E-state index contributed by atoms with van der Waals surface area (Å²) in [5.41, 5.74) is 1.09. The van der Waals surface area contributed by atoms with Gasteiger partial charge >= 0.3 is 0 Å². The maximum Gasteiger partial charge on any atom is 0.233 e. The molecule has 1 atom stereocenters. The Morgan fingerprint density at radius 2 is 1.94 bits per heavy atom. The predicted octanol–water partition coefficient (Wildman–Crippen LogP) is 2.01. The van der Waals surface area contributed by atoms with Crippen LogP contribution in [-0.4, -0.2) is 22.8 Å². The second kappa shape index (κ2) is 6.55. The minimum absolute atomic E-state index is 0.0258. The van der Waals surface area contributed by atoms with E-state index in [1.54, 1.807) is 12.1 Å². The van der Waals surface area contributed by atoms with Crippen LogP contribution in [-0.2, 0) is 11.2 Å². The fourth-order valence-electron chi connectivity index (χ4n) is 1.40. The standard InChI is InChI=1S/C13H19NO2S/c1-9(2)12(17)13(16)14-8-7-10-3-5-11(15)6-4-10/h3-6,9,12,15,17H,7-8H2,1-2H3,(H,14,16). The van der Waals surface area contributed by atoms with Crippen LogP contribution in [0.3, 0.4) is 0 Å². The smallest absolute Gasteiger partial charge is 0.233 e. The van der Waals surface area contributed by atoms with Crippen LogP contribution in [0.2, 0.25) is 0 Å². The molecule has 1 amide bonds. The Morgan fingerprint density at radius 3 is 2.47 bits per heavy atom. The fourth-order valence-corrected chi connectivity index (χ4v) is 1.49. The quantitative estimate of drug-likeness (QED) is 0.703. The van der Waals surface area contributed by atoms with Gasteiger partial charge in [-0.2, -0.15) is 12.6 Å². The molecule has 4 heteroatoms. The summed E-state index contributed by atoms with van der Waals surface area (Å²) in [6.07, 6.45) is 0.755. The van der Waals surface area contributed by atoms with Gasteiger partial charge < -0.3 is 10.4 Å². The van der Waals surface area contributed by atoms with Crippen LogP contribution < -0.4 is 5.32 Å². The number of phenols is 1. The molecule has 0 bridgehead atoms. The number of thiol groups is 1. The molecule has 0 aliphatic rings. The van der Waals surface area contributed by atoms with Gasteiger partial charge in [0.2, 0.25) is 5.91 Å². The zero-order valence-corrected chi connectivity index (χ0v) is 11.1. The van der Waals surface area contributed by atoms with Gasteiger partial charge in [-0.1, -0.05) is 26.0 Å². The lowest BCUT2D eigenvalue weighted by atomic mass is 10.1. The molecule has 0 aromatic heterocycles. The van der Waals surface area contributed by atoms with E-state index in [9.17, 15) is 4.79 Å².